The summed E-state index contributed by atoms with van der Waals surface area (Å²) in [7, 11) is 3.43. The first-order valence-corrected chi connectivity index (χ1v) is 17.8. The number of hydrogen-bond acceptors (Lipinski definition) is 10. The Kier molecular flexibility index (Phi) is 10.3. The van der Waals surface area contributed by atoms with Gasteiger partial charge in [0.1, 0.15) is 5.76 Å². The number of benzene rings is 1. The number of oxazole rings is 1. The molecule has 5 aromatic rings. The maximum atomic E-state index is 13.6. The summed E-state index contributed by atoms with van der Waals surface area (Å²) >= 11 is 13.9. The number of aromatic nitrogens is 5. The molecule has 13 nitrogen and oxygen atoms in total. The van der Waals surface area contributed by atoms with E-state index in [4.69, 9.17) is 42.3 Å². The molecule has 7 rings (SSSR count). The van der Waals surface area contributed by atoms with E-state index in [0.717, 1.165) is 47.8 Å². The number of rotatable bonds is 11. The van der Waals surface area contributed by atoms with Crippen molar-refractivity contribution in [1.82, 2.24) is 40.0 Å². The molecule has 0 bridgehead atoms. The summed E-state index contributed by atoms with van der Waals surface area (Å²) in [5.74, 6) is 1.95. The zero-order chi connectivity index (χ0) is 36.5. The first kappa shape index (κ1) is 35.6. The third kappa shape index (κ3) is 7.26. The van der Waals surface area contributed by atoms with Crippen LogP contribution in [-0.2, 0) is 37.9 Å². The molecule has 4 aromatic heterocycles. The molecule has 0 radical (unpaired) electrons. The number of ether oxygens (including phenoxy) is 1. The van der Waals surface area contributed by atoms with Gasteiger partial charge >= 0.3 is 0 Å². The molecule has 0 saturated carbocycles. The van der Waals surface area contributed by atoms with Gasteiger partial charge in [0, 0.05) is 87.6 Å². The normalized spacial score (nSPS) is 15.8. The highest BCUT2D eigenvalue weighted by Crippen LogP contribution is 2.40. The van der Waals surface area contributed by atoms with E-state index in [1.54, 1.807) is 37.6 Å². The van der Waals surface area contributed by atoms with Crippen LogP contribution in [0.25, 0.3) is 22.5 Å². The predicted octanol–water partition coefficient (Wildman–Crippen LogP) is 5.64. The Morgan fingerprint density at radius 2 is 1.92 bits per heavy atom. The van der Waals surface area contributed by atoms with Gasteiger partial charge in [0.05, 0.1) is 52.2 Å². The smallest absolute Gasteiger partial charge is 0.291 e. The molecule has 0 spiro atoms. The Labute approximate surface area is 311 Å². The standard InChI is InChI=1S/C37H39Cl2N9O4/c1-20-30(52-21(2)42-20)19-48-15-13-29-28(18-48)44-35(47(29)3)36(50)45-27-7-5-6-25(32(27)38)34-33(39)24(12-14-41-34)26-10-8-22(37(46-26)51-4)16-40-17-23-9-11-31(49)43-23/h5-8,10,12,14,23,40H,9,11,13,15-19H2,1-4H3,(H,43,49)(H,45,50)/t23-/m1/s1. The van der Waals surface area contributed by atoms with Gasteiger partial charge in [-0.05, 0) is 31.5 Å². The number of pyridine rings is 2. The van der Waals surface area contributed by atoms with E-state index in [9.17, 15) is 9.59 Å². The van der Waals surface area contributed by atoms with Gasteiger partial charge in [-0.15, -0.1) is 0 Å². The third-order valence-electron chi connectivity index (χ3n) is 9.50. The molecule has 15 heteroatoms. The highest BCUT2D eigenvalue weighted by atomic mass is 35.5. The zero-order valence-corrected chi connectivity index (χ0v) is 30.9. The molecule has 6 heterocycles. The molecule has 2 aliphatic rings. The summed E-state index contributed by atoms with van der Waals surface area (Å²) in [6.45, 7) is 6.99. The van der Waals surface area contributed by atoms with E-state index in [1.807, 2.05) is 37.6 Å². The fourth-order valence-corrected chi connectivity index (χ4v) is 7.38. The summed E-state index contributed by atoms with van der Waals surface area (Å²) in [6, 6.07) is 11.0. The van der Waals surface area contributed by atoms with Gasteiger partial charge in [0.15, 0.2) is 11.7 Å². The Balaban J connectivity index is 1.07. The molecule has 0 aliphatic carbocycles. The number of carbonyl (C=O) groups excluding carboxylic acids is 2. The van der Waals surface area contributed by atoms with Crippen LogP contribution in [0.3, 0.4) is 0 Å². The number of aryl methyl sites for hydroxylation is 2. The average Bonchev–Trinajstić information content (AvgIpc) is 3.80. The fourth-order valence-electron chi connectivity index (χ4n) is 6.80. The van der Waals surface area contributed by atoms with Crippen molar-refractivity contribution in [2.24, 2.45) is 7.05 Å². The number of fused-ring (bicyclic) bond motifs is 1. The first-order valence-electron chi connectivity index (χ1n) is 17.1. The highest BCUT2D eigenvalue weighted by molar-refractivity contribution is 6.39. The Morgan fingerprint density at radius 3 is 2.67 bits per heavy atom. The number of methoxy groups -OCH3 is 1. The maximum absolute atomic E-state index is 13.6. The van der Waals surface area contributed by atoms with Crippen molar-refractivity contribution in [1.29, 1.82) is 0 Å². The molecule has 1 fully saturated rings. The SMILES string of the molecule is COc1nc(-c2ccnc(-c3cccc(NC(=O)c4nc5c(n4C)CCN(Cc4oc(C)nc4C)C5)c3Cl)c2Cl)ccc1CNC[C@H]1CCC(=O)N1. The van der Waals surface area contributed by atoms with Gasteiger partial charge in [-0.1, -0.05) is 41.4 Å². The molecule has 1 saturated heterocycles. The third-order valence-corrected chi connectivity index (χ3v) is 10.3. The second-order valence-electron chi connectivity index (χ2n) is 13.0. The van der Waals surface area contributed by atoms with Crippen LogP contribution in [0.15, 0.2) is 47.0 Å². The van der Waals surface area contributed by atoms with Gasteiger partial charge in [0.2, 0.25) is 11.8 Å². The van der Waals surface area contributed by atoms with Crippen molar-refractivity contribution in [3.8, 4) is 28.4 Å². The van der Waals surface area contributed by atoms with Crippen molar-refractivity contribution >= 4 is 40.7 Å². The maximum Gasteiger partial charge on any atom is 0.291 e. The van der Waals surface area contributed by atoms with Gasteiger partial charge < -0.3 is 29.7 Å². The lowest BCUT2D eigenvalue weighted by Gasteiger charge is -2.25. The topological polar surface area (TPSA) is 152 Å². The van der Waals surface area contributed by atoms with Crippen molar-refractivity contribution in [3.63, 3.8) is 0 Å². The number of imidazole rings is 1. The molecule has 1 aromatic carbocycles. The van der Waals surface area contributed by atoms with E-state index >= 15 is 0 Å². The minimum absolute atomic E-state index is 0.0858. The van der Waals surface area contributed by atoms with Crippen LogP contribution in [0.1, 0.15) is 57.8 Å². The lowest BCUT2D eigenvalue weighted by molar-refractivity contribution is -0.119. The van der Waals surface area contributed by atoms with Gasteiger partial charge in [-0.25, -0.2) is 15.0 Å². The molecular weight excluding hydrogens is 705 g/mol. The van der Waals surface area contributed by atoms with E-state index < -0.39 is 0 Å². The molecule has 0 unspecified atom stereocenters. The number of nitrogens with zero attached hydrogens (tertiary/aromatic N) is 6. The largest absolute Gasteiger partial charge is 0.481 e. The number of anilines is 1. The van der Waals surface area contributed by atoms with Crippen molar-refractivity contribution in [3.05, 3.63) is 92.8 Å². The lowest BCUT2D eigenvalue weighted by Crippen LogP contribution is -2.35. The molecule has 1 atom stereocenters. The summed E-state index contributed by atoms with van der Waals surface area (Å²) in [5, 5.41) is 9.93. The quantitative estimate of drug-likeness (QED) is 0.155. The van der Waals surface area contributed by atoms with Crippen molar-refractivity contribution < 1.29 is 18.7 Å². The van der Waals surface area contributed by atoms with Crippen LogP contribution >= 0.6 is 23.2 Å². The average molecular weight is 745 g/mol. The summed E-state index contributed by atoms with van der Waals surface area (Å²) < 4.78 is 13.3. The van der Waals surface area contributed by atoms with Crippen molar-refractivity contribution in [2.75, 3.05) is 25.5 Å². The highest BCUT2D eigenvalue weighted by Gasteiger charge is 2.27. The number of nitrogens with one attached hydrogen (secondary N) is 3. The molecule has 2 amide bonds. The molecule has 2 aliphatic heterocycles. The summed E-state index contributed by atoms with van der Waals surface area (Å²) in [6.07, 6.45) is 3.77. The van der Waals surface area contributed by atoms with Crippen LogP contribution < -0.4 is 20.7 Å². The Hall–Kier alpha value is -4.82. The second kappa shape index (κ2) is 15.0. The van der Waals surface area contributed by atoms with E-state index in [2.05, 4.69) is 30.8 Å². The monoisotopic (exact) mass is 743 g/mol. The zero-order valence-electron chi connectivity index (χ0n) is 29.3. The van der Waals surface area contributed by atoms with Gasteiger partial charge in [-0.3, -0.25) is 19.5 Å². The number of amides is 2. The first-order chi connectivity index (χ1) is 25.1. The predicted molar refractivity (Wildman–Crippen MR) is 197 cm³/mol. The Morgan fingerprint density at radius 1 is 1.08 bits per heavy atom. The minimum atomic E-state index is -0.379. The van der Waals surface area contributed by atoms with Crippen LogP contribution in [-0.4, -0.2) is 67.5 Å². The van der Waals surface area contributed by atoms with Crippen LogP contribution in [0.5, 0.6) is 5.88 Å². The van der Waals surface area contributed by atoms with Gasteiger partial charge in [-0.2, -0.15) is 0 Å². The van der Waals surface area contributed by atoms with Crippen LogP contribution in [0, 0.1) is 13.8 Å². The van der Waals surface area contributed by atoms with E-state index in [0.29, 0.717) is 83.4 Å². The summed E-state index contributed by atoms with van der Waals surface area (Å²) in [4.78, 5) is 45.8. The molecule has 3 N–H and O–H groups in total. The second-order valence-corrected chi connectivity index (χ2v) is 13.8. The number of hydrogen-bond donors (Lipinski definition) is 3. The van der Waals surface area contributed by atoms with Crippen molar-refractivity contribution in [2.45, 2.75) is 58.8 Å². The van der Waals surface area contributed by atoms with E-state index in [1.165, 1.54) is 0 Å². The minimum Gasteiger partial charge on any atom is -0.481 e. The van der Waals surface area contributed by atoms with Crippen LogP contribution in [0.2, 0.25) is 10.0 Å². The lowest BCUT2D eigenvalue weighted by atomic mass is 10.1. The van der Waals surface area contributed by atoms with E-state index in [-0.39, 0.29) is 22.9 Å². The molecule has 270 valence electrons. The summed E-state index contributed by atoms with van der Waals surface area (Å²) in [5.41, 5.74) is 6.26. The molecule has 52 heavy (non-hydrogen) atoms. The number of halogens is 2. The molecular formula is C37H39Cl2N9O4. The van der Waals surface area contributed by atoms with Crippen LogP contribution in [0.4, 0.5) is 5.69 Å². The fraction of sp³-hybridized carbons (Fsp3) is 0.351. The number of carbonyl (C=O) groups is 2. The Bertz CT molecular complexity index is 2160. The van der Waals surface area contributed by atoms with Gasteiger partial charge in [0.25, 0.3) is 5.91 Å².